The van der Waals surface area contributed by atoms with Crippen LogP contribution in [-0.2, 0) is 6.18 Å². The number of benzene rings is 2. The van der Waals surface area contributed by atoms with Crippen LogP contribution < -0.4 is 5.32 Å². The fourth-order valence-electron chi connectivity index (χ4n) is 1.96. The fourth-order valence-corrected chi connectivity index (χ4v) is 3.09. The van der Waals surface area contributed by atoms with Gasteiger partial charge >= 0.3 is 6.18 Å². The Morgan fingerprint density at radius 2 is 1.96 bits per heavy atom. The van der Waals surface area contributed by atoms with Crippen molar-refractivity contribution in [1.82, 2.24) is 4.98 Å². The molecule has 3 nitrogen and oxygen atoms in total. The first kappa shape index (κ1) is 15.8. The zero-order valence-corrected chi connectivity index (χ0v) is 12.9. The Hall–Kier alpha value is -2.12. The quantitative estimate of drug-likeness (QED) is 0.684. The van der Waals surface area contributed by atoms with Crippen LogP contribution in [0.25, 0.3) is 10.2 Å². The van der Waals surface area contributed by atoms with Crippen LogP contribution in [0.2, 0.25) is 5.02 Å². The summed E-state index contributed by atoms with van der Waals surface area (Å²) < 4.78 is 38.8. The van der Waals surface area contributed by atoms with E-state index in [2.05, 4.69) is 10.3 Å². The number of carbonyl (C=O) groups excluding carboxylic acids is 1. The third-order valence-electron chi connectivity index (χ3n) is 3.02. The second kappa shape index (κ2) is 5.82. The minimum atomic E-state index is -4.50. The molecule has 2 aromatic carbocycles. The maximum Gasteiger partial charge on any atom is 0.416 e. The maximum atomic E-state index is 12.7. The molecule has 0 radical (unpaired) electrons. The van der Waals surface area contributed by atoms with Gasteiger partial charge in [-0.05, 0) is 36.4 Å². The van der Waals surface area contributed by atoms with E-state index in [-0.39, 0.29) is 5.56 Å². The number of aromatic nitrogens is 1. The van der Waals surface area contributed by atoms with E-state index >= 15 is 0 Å². The molecular weight excluding hydrogens is 349 g/mol. The molecule has 0 bridgehead atoms. The van der Waals surface area contributed by atoms with Gasteiger partial charge in [0.15, 0.2) is 5.13 Å². The number of halogens is 4. The summed E-state index contributed by atoms with van der Waals surface area (Å²) in [5.74, 6) is -0.652. The van der Waals surface area contributed by atoms with Crippen molar-refractivity contribution in [3.05, 3.63) is 58.6 Å². The molecule has 3 rings (SSSR count). The molecule has 118 valence electrons. The van der Waals surface area contributed by atoms with Gasteiger partial charge < -0.3 is 0 Å². The van der Waals surface area contributed by atoms with Gasteiger partial charge in [-0.2, -0.15) is 13.2 Å². The van der Waals surface area contributed by atoms with E-state index in [9.17, 15) is 18.0 Å². The smallest absolute Gasteiger partial charge is 0.298 e. The van der Waals surface area contributed by atoms with Crippen LogP contribution in [0.15, 0.2) is 42.5 Å². The predicted octanol–water partition coefficient (Wildman–Crippen LogP) is 5.22. The molecule has 0 spiro atoms. The Morgan fingerprint density at radius 1 is 1.17 bits per heavy atom. The number of hydrogen-bond donors (Lipinski definition) is 1. The van der Waals surface area contributed by atoms with Crippen LogP contribution in [0.1, 0.15) is 15.9 Å². The van der Waals surface area contributed by atoms with E-state index in [0.29, 0.717) is 15.7 Å². The van der Waals surface area contributed by atoms with Crippen LogP contribution in [0.3, 0.4) is 0 Å². The van der Waals surface area contributed by atoms with Crippen LogP contribution in [0, 0.1) is 0 Å². The second-order valence-electron chi connectivity index (χ2n) is 4.66. The highest BCUT2D eigenvalue weighted by Gasteiger charge is 2.30. The molecule has 0 saturated carbocycles. The fraction of sp³-hybridized carbons (Fsp3) is 0.0667. The van der Waals surface area contributed by atoms with Gasteiger partial charge in [-0.15, -0.1) is 0 Å². The zero-order valence-electron chi connectivity index (χ0n) is 11.3. The Balaban J connectivity index is 1.85. The lowest BCUT2D eigenvalue weighted by Gasteiger charge is -2.08. The Bertz CT molecular complexity index is 892. The summed E-state index contributed by atoms with van der Waals surface area (Å²) in [4.78, 5) is 16.3. The molecule has 3 aromatic rings. The lowest BCUT2D eigenvalue weighted by atomic mass is 10.1. The number of thiazole rings is 1. The first-order valence-electron chi connectivity index (χ1n) is 6.37. The highest BCUT2D eigenvalue weighted by atomic mass is 35.5. The summed E-state index contributed by atoms with van der Waals surface area (Å²) in [6, 6.07) is 9.30. The Kier molecular flexibility index (Phi) is 3.99. The molecule has 8 heteroatoms. The lowest BCUT2D eigenvalue weighted by molar-refractivity contribution is -0.137. The van der Waals surface area contributed by atoms with Crippen LogP contribution in [-0.4, -0.2) is 10.9 Å². The van der Waals surface area contributed by atoms with Crippen molar-refractivity contribution < 1.29 is 18.0 Å². The van der Waals surface area contributed by atoms with E-state index in [1.165, 1.54) is 23.5 Å². The number of alkyl halides is 3. The predicted molar refractivity (Wildman–Crippen MR) is 84.0 cm³/mol. The van der Waals surface area contributed by atoms with Crippen molar-refractivity contribution in [1.29, 1.82) is 0 Å². The molecule has 0 atom stereocenters. The van der Waals surface area contributed by atoms with E-state index in [0.717, 1.165) is 16.8 Å². The molecule has 1 aromatic heterocycles. The minimum Gasteiger partial charge on any atom is -0.298 e. The van der Waals surface area contributed by atoms with Gasteiger partial charge in [-0.3, -0.25) is 10.1 Å². The number of amides is 1. The monoisotopic (exact) mass is 356 g/mol. The zero-order chi connectivity index (χ0) is 16.6. The number of anilines is 1. The highest BCUT2D eigenvalue weighted by Crippen LogP contribution is 2.31. The molecule has 0 aliphatic rings. The molecule has 1 heterocycles. The number of fused-ring (bicyclic) bond motifs is 1. The number of hydrogen-bond acceptors (Lipinski definition) is 3. The van der Waals surface area contributed by atoms with Crippen molar-refractivity contribution >= 4 is 44.2 Å². The Labute approximate surface area is 137 Å². The number of nitrogens with zero attached hydrogens (tertiary/aromatic N) is 1. The highest BCUT2D eigenvalue weighted by molar-refractivity contribution is 7.22. The van der Waals surface area contributed by atoms with Gasteiger partial charge in [0, 0.05) is 10.6 Å². The van der Waals surface area contributed by atoms with Crippen LogP contribution >= 0.6 is 22.9 Å². The van der Waals surface area contributed by atoms with Crippen molar-refractivity contribution in [3.8, 4) is 0 Å². The largest absolute Gasteiger partial charge is 0.416 e. The van der Waals surface area contributed by atoms with E-state index < -0.39 is 17.6 Å². The maximum absolute atomic E-state index is 12.7. The standard InChI is InChI=1S/C15H8ClF3N2OS/c16-10-4-5-11-12(7-10)23-14(20-11)21-13(22)8-2-1-3-9(6-8)15(17,18)19/h1-7H,(H,20,21,22). The third kappa shape index (κ3) is 3.46. The molecule has 1 amide bonds. The summed E-state index contributed by atoms with van der Waals surface area (Å²) >= 11 is 7.07. The lowest BCUT2D eigenvalue weighted by Crippen LogP contribution is -2.13. The topological polar surface area (TPSA) is 42.0 Å². The van der Waals surface area contributed by atoms with Gasteiger partial charge in [0.1, 0.15) is 0 Å². The van der Waals surface area contributed by atoms with E-state index in [4.69, 9.17) is 11.6 Å². The van der Waals surface area contributed by atoms with E-state index in [1.54, 1.807) is 18.2 Å². The summed E-state index contributed by atoms with van der Waals surface area (Å²) in [6.45, 7) is 0. The Morgan fingerprint density at radius 3 is 2.70 bits per heavy atom. The summed E-state index contributed by atoms with van der Waals surface area (Å²) in [7, 11) is 0. The van der Waals surface area contributed by atoms with Gasteiger partial charge in [-0.1, -0.05) is 29.0 Å². The average Bonchev–Trinajstić information content (AvgIpc) is 2.87. The third-order valence-corrected chi connectivity index (χ3v) is 4.19. The van der Waals surface area contributed by atoms with Crippen molar-refractivity contribution in [2.75, 3.05) is 5.32 Å². The molecule has 0 saturated heterocycles. The van der Waals surface area contributed by atoms with Gasteiger partial charge in [0.05, 0.1) is 15.8 Å². The first-order valence-corrected chi connectivity index (χ1v) is 7.57. The molecule has 1 N–H and O–H groups in total. The first-order chi connectivity index (χ1) is 10.8. The molecule has 0 unspecified atom stereocenters. The molecule has 0 fully saturated rings. The van der Waals surface area contributed by atoms with Crippen molar-refractivity contribution in [2.24, 2.45) is 0 Å². The summed E-state index contributed by atoms with van der Waals surface area (Å²) in [6.07, 6.45) is -4.50. The van der Waals surface area contributed by atoms with Gasteiger partial charge in [-0.25, -0.2) is 4.98 Å². The molecular formula is C15H8ClF3N2OS. The van der Waals surface area contributed by atoms with Gasteiger partial charge in [0.25, 0.3) is 5.91 Å². The normalized spacial score (nSPS) is 11.7. The number of nitrogens with one attached hydrogen (secondary N) is 1. The minimum absolute atomic E-state index is 0.0860. The average molecular weight is 357 g/mol. The van der Waals surface area contributed by atoms with Crippen LogP contribution in [0.4, 0.5) is 18.3 Å². The van der Waals surface area contributed by atoms with E-state index in [1.807, 2.05) is 0 Å². The van der Waals surface area contributed by atoms with Crippen LogP contribution in [0.5, 0.6) is 0 Å². The number of rotatable bonds is 2. The number of carbonyl (C=O) groups is 1. The van der Waals surface area contributed by atoms with Crippen molar-refractivity contribution in [3.63, 3.8) is 0 Å². The summed E-state index contributed by atoms with van der Waals surface area (Å²) in [5, 5.41) is 3.34. The second-order valence-corrected chi connectivity index (χ2v) is 6.13. The molecule has 23 heavy (non-hydrogen) atoms. The summed E-state index contributed by atoms with van der Waals surface area (Å²) in [5.41, 5.74) is -0.308. The molecule has 0 aliphatic carbocycles. The molecule has 0 aliphatic heterocycles. The van der Waals surface area contributed by atoms with Crippen molar-refractivity contribution in [2.45, 2.75) is 6.18 Å². The SMILES string of the molecule is O=C(Nc1nc2ccc(Cl)cc2s1)c1cccc(C(F)(F)F)c1. The van der Waals surface area contributed by atoms with Gasteiger partial charge in [0.2, 0.25) is 0 Å².